The van der Waals surface area contributed by atoms with E-state index in [0.717, 1.165) is 5.56 Å². The van der Waals surface area contributed by atoms with E-state index in [0.29, 0.717) is 10.6 Å². The molecule has 2 aromatic carbocycles. The molecule has 23 heavy (non-hydrogen) atoms. The highest BCUT2D eigenvalue weighted by Crippen LogP contribution is 2.17. The summed E-state index contributed by atoms with van der Waals surface area (Å²) in [6.07, 6.45) is 0.168. The van der Waals surface area contributed by atoms with Gasteiger partial charge in [0.25, 0.3) is 0 Å². The summed E-state index contributed by atoms with van der Waals surface area (Å²) in [6, 6.07) is 12.4. The monoisotopic (exact) mass is 333 g/mol. The molecule has 0 aliphatic heterocycles. The maximum absolute atomic E-state index is 12.8. The van der Waals surface area contributed by atoms with Crippen LogP contribution in [-0.4, -0.2) is 11.7 Å². The van der Waals surface area contributed by atoms with Crippen molar-refractivity contribution in [1.82, 2.24) is 5.32 Å². The molecule has 0 aliphatic rings. The minimum Gasteiger partial charge on any atom is -0.350 e. The second-order valence-corrected chi connectivity index (χ2v) is 5.71. The third-order valence-corrected chi connectivity index (χ3v) is 3.71. The minimum atomic E-state index is -0.394. The first-order chi connectivity index (χ1) is 11.0. The van der Waals surface area contributed by atoms with E-state index in [1.807, 2.05) is 19.1 Å². The van der Waals surface area contributed by atoms with Crippen molar-refractivity contribution in [3.63, 3.8) is 0 Å². The highest BCUT2D eigenvalue weighted by molar-refractivity contribution is 6.30. The van der Waals surface area contributed by atoms with Gasteiger partial charge in [-0.3, -0.25) is 9.59 Å². The van der Waals surface area contributed by atoms with Gasteiger partial charge in [-0.1, -0.05) is 23.7 Å². The highest BCUT2D eigenvalue weighted by atomic mass is 35.5. The van der Waals surface area contributed by atoms with Gasteiger partial charge in [-0.2, -0.15) is 0 Å². The third-order valence-electron chi connectivity index (χ3n) is 3.47. The molecule has 3 nitrogen and oxygen atoms in total. The van der Waals surface area contributed by atoms with E-state index in [4.69, 9.17) is 11.6 Å². The molecule has 0 aromatic heterocycles. The van der Waals surface area contributed by atoms with Crippen LogP contribution in [0.2, 0.25) is 5.02 Å². The van der Waals surface area contributed by atoms with Crippen molar-refractivity contribution in [2.75, 3.05) is 0 Å². The summed E-state index contributed by atoms with van der Waals surface area (Å²) in [4.78, 5) is 23.9. The van der Waals surface area contributed by atoms with Crippen molar-refractivity contribution < 1.29 is 14.0 Å². The Morgan fingerprint density at radius 3 is 2.48 bits per heavy atom. The molecule has 0 radical (unpaired) electrons. The smallest absolute Gasteiger partial charge is 0.220 e. The van der Waals surface area contributed by atoms with Crippen LogP contribution in [0.5, 0.6) is 0 Å². The summed E-state index contributed by atoms with van der Waals surface area (Å²) in [5, 5.41) is 3.44. The van der Waals surface area contributed by atoms with Gasteiger partial charge in [0.05, 0.1) is 6.04 Å². The first kappa shape index (κ1) is 17.2. The van der Waals surface area contributed by atoms with Gasteiger partial charge in [-0.05, 0) is 48.9 Å². The summed E-state index contributed by atoms with van der Waals surface area (Å²) in [7, 11) is 0. The van der Waals surface area contributed by atoms with Crippen LogP contribution in [0.4, 0.5) is 4.39 Å². The summed E-state index contributed by atoms with van der Waals surface area (Å²) in [5.74, 6) is -0.793. The van der Waals surface area contributed by atoms with E-state index < -0.39 is 5.82 Å². The Balaban J connectivity index is 1.85. The van der Waals surface area contributed by atoms with Crippen LogP contribution in [0.1, 0.15) is 41.7 Å². The molecule has 0 bridgehead atoms. The van der Waals surface area contributed by atoms with Crippen LogP contribution in [0, 0.1) is 5.82 Å². The van der Waals surface area contributed by atoms with Crippen LogP contribution in [0.25, 0.3) is 0 Å². The normalized spacial score (nSPS) is 11.8. The average molecular weight is 334 g/mol. The molecule has 1 amide bonds. The van der Waals surface area contributed by atoms with Gasteiger partial charge in [0.15, 0.2) is 5.78 Å². The second-order valence-electron chi connectivity index (χ2n) is 5.27. The van der Waals surface area contributed by atoms with Crippen LogP contribution in [0.15, 0.2) is 48.5 Å². The second kappa shape index (κ2) is 7.88. The molecule has 1 N–H and O–H groups in total. The Morgan fingerprint density at radius 1 is 1.13 bits per heavy atom. The number of halogens is 2. The van der Waals surface area contributed by atoms with E-state index in [9.17, 15) is 14.0 Å². The SMILES string of the molecule is CC(NC(=O)CCC(=O)c1ccc(F)cc1)c1cccc(Cl)c1. The Labute approximate surface area is 139 Å². The molecule has 5 heteroatoms. The Kier molecular flexibility index (Phi) is 5.88. The largest absolute Gasteiger partial charge is 0.350 e. The fourth-order valence-electron chi connectivity index (χ4n) is 2.18. The van der Waals surface area contributed by atoms with Gasteiger partial charge in [0.1, 0.15) is 5.82 Å². The van der Waals surface area contributed by atoms with Gasteiger partial charge in [0.2, 0.25) is 5.91 Å². The minimum absolute atomic E-state index is 0.0831. The number of carbonyl (C=O) groups is 2. The molecule has 120 valence electrons. The Bertz CT molecular complexity index is 700. The van der Waals surface area contributed by atoms with Crippen molar-refractivity contribution in [3.05, 3.63) is 70.5 Å². The maximum atomic E-state index is 12.8. The molecule has 0 saturated heterocycles. The average Bonchev–Trinajstić information content (AvgIpc) is 2.53. The lowest BCUT2D eigenvalue weighted by Gasteiger charge is -2.14. The zero-order valence-corrected chi connectivity index (χ0v) is 13.4. The third kappa shape index (κ3) is 5.18. The molecular weight excluding hydrogens is 317 g/mol. The van der Waals surface area contributed by atoms with E-state index in [1.165, 1.54) is 24.3 Å². The number of nitrogens with one attached hydrogen (secondary N) is 1. The van der Waals surface area contributed by atoms with Gasteiger partial charge in [-0.15, -0.1) is 0 Å². The summed E-state index contributed by atoms with van der Waals surface area (Å²) in [6.45, 7) is 1.85. The Morgan fingerprint density at radius 2 is 1.83 bits per heavy atom. The molecule has 0 heterocycles. The molecule has 1 unspecified atom stereocenters. The van der Waals surface area contributed by atoms with E-state index in [-0.39, 0.29) is 30.6 Å². The molecule has 0 saturated carbocycles. The number of carbonyl (C=O) groups excluding carboxylic acids is 2. The molecule has 0 spiro atoms. The molecule has 2 aromatic rings. The standard InChI is InChI=1S/C18H17ClFNO2/c1-12(14-3-2-4-15(19)11-14)21-18(23)10-9-17(22)13-5-7-16(20)8-6-13/h2-8,11-12H,9-10H2,1H3,(H,21,23). The lowest BCUT2D eigenvalue weighted by atomic mass is 10.1. The van der Waals surface area contributed by atoms with Crippen molar-refractivity contribution >= 4 is 23.3 Å². The first-order valence-electron chi connectivity index (χ1n) is 7.29. The number of benzene rings is 2. The summed E-state index contributed by atoms with van der Waals surface area (Å²) >= 11 is 5.92. The number of ketones is 1. The zero-order valence-electron chi connectivity index (χ0n) is 12.7. The van der Waals surface area contributed by atoms with Gasteiger partial charge >= 0.3 is 0 Å². The summed E-state index contributed by atoms with van der Waals surface area (Å²) in [5.41, 5.74) is 1.30. The number of hydrogen-bond donors (Lipinski definition) is 1. The fourth-order valence-corrected chi connectivity index (χ4v) is 2.38. The van der Waals surface area contributed by atoms with Crippen LogP contribution >= 0.6 is 11.6 Å². The van der Waals surface area contributed by atoms with Crippen molar-refractivity contribution in [3.8, 4) is 0 Å². The fraction of sp³-hybridized carbons (Fsp3) is 0.222. The Hall–Kier alpha value is -2.20. The lowest BCUT2D eigenvalue weighted by molar-refractivity contribution is -0.121. The number of Topliss-reactive ketones (excluding diaryl/α,β-unsaturated/α-hetero) is 1. The van der Waals surface area contributed by atoms with Crippen LogP contribution < -0.4 is 5.32 Å². The molecule has 0 aliphatic carbocycles. The predicted octanol–water partition coefficient (Wildman–Crippen LogP) is 4.32. The predicted molar refractivity (Wildman–Crippen MR) is 88.0 cm³/mol. The highest BCUT2D eigenvalue weighted by Gasteiger charge is 2.13. The summed E-state index contributed by atoms with van der Waals surface area (Å²) < 4.78 is 12.8. The molecule has 0 fully saturated rings. The van der Waals surface area contributed by atoms with Crippen LogP contribution in [-0.2, 0) is 4.79 Å². The molecule has 1 atom stereocenters. The lowest BCUT2D eigenvalue weighted by Crippen LogP contribution is -2.26. The first-order valence-corrected chi connectivity index (χ1v) is 7.67. The topological polar surface area (TPSA) is 46.2 Å². The van der Waals surface area contributed by atoms with Gasteiger partial charge < -0.3 is 5.32 Å². The number of rotatable bonds is 6. The quantitative estimate of drug-likeness (QED) is 0.800. The van der Waals surface area contributed by atoms with Gasteiger partial charge in [0, 0.05) is 23.4 Å². The number of amides is 1. The van der Waals surface area contributed by atoms with Crippen molar-refractivity contribution in [2.24, 2.45) is 0 Å². The molecule has 2 rings (SSSR count). The van der Waals surface area contributed by atoms with E-state index in [2.05, 4.69) is 5.32 Å². The van der Waals surface area contributed by atoms with E-state index >= 15 is 0 Å². The van der Waals surface area contributed by atoms with Crippen LogP contribution in [0.3, 0.4) is 0 Å². The zero-order chi connectivity index (χ0) is 16.8. The maximum Gasteiger partial charge on any atom is 0.220 e. The molecular formula is C18H17ClFNO2. The van der Waals surface area contributed by atoms with Crippen molar-refractivity contribution in [1.29, 1.82) is 0 Å². The number of hydrogen-bond acceptors (Lipinski definition) is 2. The van der Waals surface area contributed by atoms with Gasteiger partial charge in [-0.25, -0.2) is 4.39 Å². The van der Waals surface area contributed by atoms with E-state index in [1.54, 1.807) is 12.1 Å². The van der Waals surface area contributed by atoms with Crippen molar-refractivity contribution in [2.45, 2.75) is 25.8 Å².